The summed E-state index contributed by atoms with van der Waals surface area (Å²) < 4.78 is 754. The van der Waals surface area contributed by atoms with Crippen LogP contribution in [0.25, 0.3) is 0 Å². The van der Waals surface area contributed by atoms with Crippen molar-refractivity contribution in [2.24, 2.45) is 70.9 Å². The molecule has 6 aromatic rings. The third-order valence-electron chi connectivity index (χ3n) is 24.9. The number of hydrogen-bond acceptors (Lipinski definition) is 24. The molecule has 0 spiro atoms. The molecule has 18 rings (SSSR count). The summed E-state index contributed by atoms with van der Waals surface area (Å²) in [5, 5.41) is 0. The van der Waals surface area contributed by atoms with E-state index < -0.39 is 473 Å². The van der Waals surface area contributed by atoms with Crippen molar-refractivity contribution in [1.82, 2.24) is 29.4 Å². The zero-order valence-electron chi connectivity index (χ0n) is 165. The maximum Gasteiger partial charge on any atom is 0.161 e. The van der Waals surface area contributed by atoms with Gasteiger partial charge in [-0.15, -0.1) is 0 Å². The lowest BCUT2D eigenvalue weighted by Crippen LogP contribution is -2.46. The number of nitrogens with zero attached hydrogens (tertiary/aromatic N) is 6. The molecule has 12 aliphatic rings. The van der Waals surface area contributed by atoms with Crippen LogP contribution in [0.3, 0.4) is 0 Å². The highest BCUT2D eigenvalue weighted by Gasteiger charge is 2.47. The van der Waals surface area contributed by atoms with Crippen LogP contribution in [-0.4, -0.2) is 227 Å². The Bertz CT molecular complexity index is 9360. The standard InChI is InChI=1S/3C20H29NO3.3C19H27NO3/c3*1-5-13(2)8-15-12-21-7-6-14-9-19(23-3)20(24-4)10-16(14)17(21)11-18(15)22;3*1-12(2)7-14-11-20-6-5-13-8-18(22-3)19(23-4)9-15(13)16(20)10-17(14)21/h3*9-10,13,15,17H,5-8,11-12H2,1-4H3;3*8-9,12,14,16H,5-7,10-11H2,1-4H3/i2D3,3D3,4D3,5D2,8D2,9D,10D,11D2,13D,15D;2D3,3D3,4D3,5D2,8D2,9D,10D,12D2,13D;2D3,3D3,4D3,5D2,8D2,9D,10D,13D;3D3,4D3,8D,9D,10D2,11D2,14D;3D3,4D3,8D,9D,10D2,14D;3D3,4D3,8D,9D,11D2. The Morgan fingerprint density at radius 1 is 0.305 bits per heavy atom. The minimum absolute atomic E-state index is 0.0143. The van der Waals surface area contributed by atoms with Crippen molar-refractivity contribution >= 4 is 34.7 Å². The quantitative estimate of drug-likeness (QED) is 0.0466. The van der Waals surface area contributed by atoms with Gasteiger partial charge in [-0.1, -0.05) is 102 Å². The minimum Gasteiger partial charge on any atom is -0.493 e. The van der Waals surface area contributed by atoms with Crippen molar-refractivity contribution in [2.45, 2.75) is 254 Å². The molecular formula is C117H168N6O18. The Balaban J connectivity index is 0.000000217. The van der Waals surface area contributed by atoms with Gasteiger partial charge < -0.3 is 56.8 Å². The largest absolute Gasteiger partial charge is 0.493 e. The van der Waals surface area contributed by atoms with Gasteiger partial charge in [0.25, 0.3) is 0 Å². The highest BCUT2D eigenvalue weighted by atomic mass is 16.5. The van der Waals surface area contributed by atoms with Crippen molar-refractivity contribution in [1.29, 1.82) is 0 Å². The Labute approximate surface area is 964 Å². The number of methoxy groups -OCH3 is 12. The number of carbonyl (C=O) groups excluding carboxylic acids is 6. The van der Waals surface area contributed by atoms with E-state index in [9.17, 15) is 28.8 Å². The van der Waals surface area contributed by atoms with Crippen molar-refractivity contribution in [2.75, 3.05) is 163 Å². The molecule has 0 saturated carbocycles. The molecule has 0 radical (unpaired) electrons. The van der Waals surface area contributed by atoms with Gasteiger partial charge in [0.1, 0.15) is 34.7 Å². The van der Waals surface area contributed by atoms with E-state index in [2.05, 4.69) is 0 Å². The molecule has 0 amide bonds. The van der Waals surface area contributed by atoms with Crippen molar-refractivity contribution in [3.05, 3.63) is 139 Å². The molecule has 6 saturated heterocycles. The summed E-state index contributed by atoms with van der Waals surface area (Å²) in [7, 11) is -37.9. The van der Waals surface area contributed by atoms with Crippen molar-refractivity contribution in [3.8, 4) is 69.0 Å². The predicted molar refractivity (Wildman–Crippen MR) is 555 cm³/mol. The van der Waals surface area contributed by atoms with Crippen molar-refractivity contribution < 1.29 is 205 Å². The van der Waals surface area contributed by atoms with Crippen LogP contribution in [0.15, 0.2) is 72.5 Å². The highest BCUT2D eigenvalue weighted by Crippen LogP contribution is 2.51. The van der Waals surface area contributed by atoms with Crippen LogP contribution in [0.5, 0.6) is 69.0 Å². The van der Waals surface area contributed by atoms with Gasteiger partial charge in [-0.3, -0.25) is 58.2 Å². The maximum atomic E-state index is 13.8. The first-order valence-electron chi connectivity index (χ1n) is 88.4. The lowest BCUT2D eigenvalue weighted by Gasteiger charge is -2.43. The Morgan fingerprint density at radius 3 is 0.887 bits per heavy atom. The second kappa shape index (κ2) is 50.0. The first-order valence-corrected chi connectivity index (χ1v) is 44.9. The second-order valence-corrected chi connectivity index (χ2v) is 35.3. The summed E-state index contributed by atoms with van der Waals surface area (Å²) in [4.78, 5) is 87.8. The number of hydrogen-bond donors (Lipinski definition) is 0. The van der Waals surface area contributed by atoms with Crippen LogP contribution in [0.4, 0.5) is 0 Å². The zero-order chi connectivity index (χ0) is 176. The lowest BCUT2D eigenvalue weighted by molar-refractivity contribution is -0.130. The van der Waals surface area contributed by atoms with Crippen LogP contribution in [-0.2, 0) is 67.3 Å². The molecule has 12 heterocycles. The molecule has 6 fully saturated rings. The number of piperidine rings is 6. The van der Waals surface area contributed by atoms with E-state index in [-0.39, 0.29) is 188 Å². The van der Waals surface area contributed by atoms with E-state index in [0.29, 0.717) is 20.3 Å². The fourth-order valence-electron chi connectivity index (χ4n) is 18.3. The van der Waals surface area contributed by atoms with E-state index >= 15 is 0 Å². The van der Waals surface area contributed by atoms with Gasteiger partial charge in [0.15, 0.2) is 69.0 Å². The number of fused-ring (bicyclic) bond motifs is 18. The molecule has 15 unspecified atom stereocenters. The van der Waals surface area contributed by atoms with Gasteiger partial charge in [-0.05, 0) is 252 Å². The van der Waals surface area contributed by atoms with Gasteiger partial charge in [0, 0.05) is 242 Å². The fourth-order valence-corrected chi connectivity index (χ4v) is 18.3. The molecule has 24 heteroatoms. The van der Waals surface area contributed by atoms with E-state index in [1.165, 1.54) is 9.80 Å². The second-order valence-electron chi connectivity index (χ2n) is 35.3. The molecule has 24 nitrogen and oxygen atoms in total. The molecule has 0 bridgehead atoms. The lowest BCUT2D eigenvalue weighted by atomic mass is 9.79. The maximum absolute atomic E-state index is 13.8. The molecule has 141 heavy (non-hydrogen) atoms. The normalized spacial score (nSPS) is 40.0. The third kappa shape index (κ3) is 25.6. The van der Waals surface area contributed by atoms with Gasteiger partial charge >= 0.3 is 0 Å². The molecule has 0 N–H and O–H groups in total. The Hall–Kier alpha value is -9.30. The highest BCUT2D eigenvalue weighted by molar-refractivity contribution is 5.86. The molecule has 774 valence electrons. The van der Waals surface area contributed by atoms with E-state index in [0.717, 1.165) is 21.6 Å². The molecule has 15 atom stereocenters. The first kappa shape index (κ1) is 42.3. The molecule has 6 aromatic carbocycles. The summed E-state index contributed by atoms with van der Waals surface area (Å²) in [5.74, 6) is -40.4. The molecule has 0 aliphatic carbocycles. The third-order valence-corrected chi connectivity index (χ3v) is 24.9. The zero-order valence-corrected chi connectivity index (χ0v) is 78.3. The molecule has 0 aromatic heterocycles. The summed E-state index contributed by atoms with van der Waals surface area (Å²) >= 11 is 0. The summed E-state index contributed by atoms with van der Waals surface area (Å²) in [6.07, 6.45) is -30.5. The minimum atomic E-state index is -3.85. The molecular weight excluding hydrogens is 1780 g/mol. The smallest absolute Gasteiger partial charge is 0.161 e. The van der Waals surface area contributed by atoms with Crippen LogP contribution in [0.2, 0.25) is 0 Å². The SMILES string of the molecule is [2H]c1c2c(c([2H])c(OC([2H])([2H])[2H])c1OC([2H])([2H])[2H])C1CC(=O)C(C([2H])([2H])C([2H])(C([2H])([2H])[2H])C([2H])([2H])C)C([2H])([2H])N1CC2.[2H]c1c2c(c([2H])c(OC([2H])([2H])[2H])c1OC([2H])([2H])[2H])C1CC(=O)C(C([2H])([2H])C([2H])(C([2H])([2H])[2H])C([2H])([2H])C)CN1CC2.[2H]c1c2c(c([2H])c(OC([2H])([2H])[2H])c1OC([2H])([2H])[2H])C1CC(=O)C(CC(C)C)C([2H])([2H])N1CC2.[2H]c1c2c(c([2H])c(OC([2H])([2H])[2H])c1OC([2H])([2H])[2H])C1N(CC2)C([2H])([2H])C([2H])(CC(C)C)C(=O)C1([2H])[2H].[2H]c1c2c(c([2H])c(OC([2H])([2H])[2H])c1OC([2H])([2H])[2H])C1N(CC2)CC([2H])(C([2H])([2H])C([2H])(C([2H])([2H])[2H])C([2H])([2H])C)C(=O)C1([2H])[2H].[2H]c1c2c(c([2H])c(OC([2H])([2H])[2H])c1OC([2H])([2H])[2H])C1N(CC2)CC([2H])(CC(C)C)C(=O)C1([2H])[2H]. The van der Waals surface area contributed by atoms with E-state index in [1.54, 1.807) is 18.7 Å². The average molecular weight is 2030 g/mol. The number of rotatable bonds is 27. The summed E-state index contributed by atoms with van der Waals surface area (Å²) in [6.45, 7) is -8.00. The van der Waals surface area contributed by atoms with Crippen LogP contribution in [0.1, 0.15) is 401 Å². The van der Waals surface area contributed by atoms with Gasteiger partial charge in [-0.2, -0.15) is 0 Å². The monoisotopic (exact) mass is 2030 g/mol. The van der Waals surface area contributed by atoms with Crippen LogP contribution < -0.4 is 56.8 Å². The topological polar surface area (TPSA) is 233 Å². The number of carbonyl (C=O) groups is 6. The number of ketones is 6. The number of Topliss-reactive ketones (excluding diaryl/α,β-unsaturated/α-hetero) is 6. The van der Waals surface area contributed by atoms with Gasteiger partial charge in [0.05, 0.1) is 150 Å². The Morgan fingerprint density at radius 2 is 0.553 bits per heavy atom. The van der Waals surface area contributed by atoms with E-state index in [1.807, 2.05) is 27.7 Å². The summed E-state index contributed by atoms with van der Waals surface area (Å²) in [6, 6.07) is -16.4. The van der Waals surface area contributed by atoms with E-state index in [4.69, 9.17) is 176 Å². The first-order chi connectivity index (χ1) is 101. The van der Waals surface area contributed by atoms with Crippen LogP contribution >= 0.6 is 0 Å². The average Bonchev–Trinajstić information content (AvgIpc) is 0.680. The fraction of sp³-hybridized carbons (Fsp3) is 0.641. The number of ether oxygens (including phenoxy) is 12. The predicted octanol–water partition coefficient (Wildman–Crippen LogP) is 20.6. The van der Waals surface area contributed by atoms with Crippen molar-refractivity contribution in [3.63, 3.8) is 0 Å². The summed E-state index contributed by atoms with van der Waals surface area (Å²) in [5.41, 5.74) is -1.11. The van der Waals surface area contributed by atoms with Gasteiger partial charge in [0.2, 0.25) is 0 Å². The van der Waals surface area contributed by atoms with Gasteiger partial charge in [-0.25, -0.2) is 0 Å². The number of benzene rings is 6. The van der Waals surface area contributed by atoms with Crippen LogP contribution in [0, 0.1) is 70.9 Å². The molecule has 12 aliphatic heterocycles. The Kier molecular flexibility index (Phi) is 15.0.